The molecule has 0 spiro atoms. The van der Waals surface area contributed by atoms with E-state index in [2.05, 4.69) is 5.32 Å². The van der Waals surface area contributed by atoms with Crippen LogP contribution in [0.2, 0.25) is 0 Å². The fourth-order valence-electron chi connectivity index (χ4n) is 5.45. The first kappa shape index (κ1) is 30.4. The highest BCUT2D eigenvalue weighted by Crippen LogP contribution is 2.42. The second kappa shape index (κ2) is 10.8. The van der Waals surface area contributed by atoms with Gasteiger partial charge in [-0.05, 0) is 82.1 Å². The molecule has 0 bridgehead atoms. The Morgan fingerprint density at radius 3 is 2.29 bits per heavy atom. The topological polar surface area (TPSA) is 96.0 Å². The van der Waals surface area contributed by atoms with Crippen LogP contribution >= 0.6 is 0 Å². The number of carbonyl (C=O) groups is 2. The number of ether oxygens (including phenoxy) is 1. The molecule has 1 N–H and O–H groups in total. The number of amides is 1. The minimum Gasteiger partial charge on any atom is -0.444 e. The van der Waals surface area contributed by atoms with Crippen molar-refractivity contribution in [3.8, 4) is 0 Å². The summed E-state index contributed by atoms with van der Waals surface area (Å²) in [4.78, 5) is 26.7. The predicted molar refractivity (Wildman–Crippen MR) is 136 cm³/mol. The maximum Gasteiger partial charge on any atom is 0.416 e. The van der Waals surface area contributed by atoms with Crippen molar-refractivity contribution < 1.29 is 35.9 Å². The Balaban J connectivity index is 1.82. The van der Waals surface area contributed by atoms with Gasteiger partial charge in [-0.15, -0.1) is 0 Å². The third-order valence-electron chi connectivity index (χ3n) is 7.83. The van der Waals surface area contributed by atoms with E-state index in [0.717, 1.165) is 30.6 Å². The summed E-state index contributed by atoms with van der Waals surface area (Å²) in [5, 5.41) is 3.41. The molecule has 5 atom stereocenters. The lowest BCUT2D eigenvalue weighted by Gasteiger charge is -2.45. The van der Waals surface area contributed by atoms with Crippen molar-refractivity contribution in [2.24, 2.45) is 17.8 Å². The largest absolute Gasteiger partial charge is 0.444 e. The van der Waals surface area contributed by atoms with Gasteiger partial charge in [-0.25, -0.2) is 13.2 Å². The van der Waals surface area contributed by atoms with E-state index in [1.807, 2.05) is 13.8 Å². The lowest BCUT2D eigenvalue weighted by molar-refractivity contribution is -0.137. The Kier molecular flexibility index (Phi) is 8.60. The van der Waals surface area contributed by atoms with Crippen LogP contribution in [-0.2, 0) is 25.7 Å². The normalized spacial score (nSPS) is 24.9. The van der Waals surface area contributed by atoms with Crippen LogP contribution < -0.4 is 5.32 Å². The molecule has 0 aromatic heterocycles. The number of rotatable bonds is 8. The molecule has 8 nitrogen and oxygen atoms in total. The summed E-state index contributed by atoms with van der Waals surface area (Å²) >= 11 is 0. The van der Waals surface area contributed by atoms with Crippen LogP contribution in [0.1, 0.15) is 59.4 Å². The molecule has 1 aromatic carbocycles. The first-order valence-electron chi connectivity index (χ1n) is 12.8. The van der Waals surface area contributed by atoms with Crippen molar-refractivity contribution in [1.82, 2.24) is 14.5 Å². The van der Waals surface area contributed by atoms with Crippen molar-refractivity contribution >= 4 is 22.4 Å². The third-order valence-corrected chi connectivity index (χ3v) is 9.67. The molecule has 2 aliphatic rings. The molecular formula is C26H38F3N3O5S. The van der Waals surface area contributed by atoms with E-state index in [1.165, 1.54) is 16.3 Å². The van der Waals surface area contributed by atoms with E-state index in [9.17, 15) is 31.2 Å². The van der Waals surface area contributed by atoms with Crippen LogP contribution in [0.25, 0.3) is 0 Å². The summed E-state index contributed by atoms with van der Waals surface area (Å²) in [6.07, 6.45) is -2.48. The van der Waals surface area contributed by atoms with Gasteiger partial charge in [0.25, 0.3) is 0 Å². The van der Waals surface area contributed by atoms with Crippen LogP contribution in [0.5, 0.6) is 0 Å². The second-order valence-electron chi connectivity index (χ2n) is 11.4. The number of fused-ring (bicyclic) bond motifs is 1. The van der Waals surface area contributed by atoms with Crippen LogP contribution in [0, 0.1) is 17.8 Å². The lowest BCUT2D eigenvalue weighted by atomic mass is 9.88. The highest BCUT2D eigenvalue weighted by atomic mass is 32.2. The summed E-state index contributed by atoms with van der Waals surface area (Å²) in [6.45, 7) is 9.41. The maximum absolute atomic E-state index is 13.3. The molecule has 1 saturated heterocycles. The Labute approximate surface area is 222 Å². The number of carbonyl (C=O) groups excluding carboxylic acids is 2. The molecule has 1 saturated carbocycles. The van der Waals surface area contributed by atoms with Gasteiger partial charge in [0.1, 0.15) is 5.60 Å². The number of benzene rings is 1. The zero-order valence-corrected chi connectivity index (χ0v) is 23.5. The zero-order valence-electron chi connectivity index (χ0n) is 22.7. The van der Waals surface area contributed by atoms with Crippen molar-refractivity contribution in [3.63, 3.8) is 0 Å². The van der Waals surface area contributed by atoms with Crippen LogP contribution in [0.15, 0.2) is 29.2 Å². The van der Waals surface area contributed by atoms with Gasteiger partial charge in [0.2, 0.25) is 10.0 Å². The molecule has 1 aliphatic heterocycles. The van der Waals surface area contributed by atoms with E-state index in [0.29, 0.717) is 19.3 Å². The van der Waals surface area contributed by atoms with Gasteiger partial charge in [-0.2, -0.15) is 17.5 Å². The average molecular weight is 562 g/mol. The molecule has 38 heavy (non-hydrogen) atoms. The quantitative estimate of drug-likeness (QED) is 0.371. The van der Waals surface area contributed by atoms with Gasteiger partial charge in [-0.3, -0.25) is 15.0 Å². The van der Waals surface area contributed by atoms with Gasteiger partial charge in [0.15, 0.2) is 11.9 Å². The summed E-state index contributed by atoms with van der Waals surface area (Å²) in [6, 6.07) is 3.25. The van der Waals surface area contributed by atoms with E-state index >= 15 is 0 Å². The molecule has 12 heteroatoms. The van der Waals surface area contributed by atoms with Crippen LogP contribution in [-0.4, -0.2) is 67.4 Å². The fraction of sp³-hybridized carbons (Fsp3) is 0.692. The molecule has 3 rings (SSSR count). The number of nitrogens with zero attached hydrogens (tertiary/aromatic N) is 2. The van der Waals surface area contributed by atoms with Crippen molar-refractivity contribution in [2.75, 3.05) is 20.1 Å². The number of hydrogen-bond acceptors (Lipinski definition) is 6. The van der Waals surface area contributed by atoms with Crippen molar-refractivity contribution in [2.45, 2.75) is 82.3 Å². The highest BCUT2D eigenvalue weighted by molar-refractivity contribution is 7.89. The van der Waals surface area contributed by atoms with E-state index in [1.54, 1.807) is 20.8 Å². The Morgan fingerprint density at radius 1 is 1.18 bits per heavy atom. The van der Waals surface area contributed by atoms with E-state index < -0.39 is 39.1 Å². The summed E-state index contributed by atoms with van der Waals surface area (Å²) in [5.74, 6) is -0.385. The zero-order chi connectivity index (χ0) is 28.7. The number of halogens is 3. The molecule has 2 fully saturated rings. The summed E-state index contributed by atoms with van der Waals surface area (Å²) in [5.41, 5.74) is -3.04. The lowest BCUT2D eigenvalue weighted by Crippen LogP contribution is -2.67. The molecule has 1 aliphatic carbocycles. The number of hydrogen-bond donors (Lipinski definition) is 1. The predicted octanol–water partition coefficient (Wildman–Crippen LogP) is 4.50. The fourth-order valence-corrected chi connectivity index (χ4v) is 6.99. The van der Waals surface area contributed by atoms with Gasteiger partial charge in [0, 0.05) is 26.2 Å². The van der Waals surface area contributed by atoms with E-state index in [4.69, 9.17) is 4.74 Å². The second-order valence-corrected chi connectivity index (χ2v) is 13.3. The maximum atomic E-state index is 13.3. The smallest absolute Gasteiger partial charge is 0.416 e. The third kappa shape index (κ3) is 6.02. The molecule has 0 radical (unpaired) electrons. The molecule has 1 aromatic rings. The average Bonchev–Trinajstić information content (AvgIpc) is 3.42. The SMILES string of the molecule is CC[C@H](C)[C@](C=O)(N[C@H]1CC[C@@H]2CN(S(=O)(=O)c3ccc(C(F)(F)F)cc3)CC21)N(C)C(=O)OC(C)(C)C. The van der Waals surface area contributed by atoms with Gasteiger partial charge in [0.05, 0.1) is 10.5 Å². The molecule has 1 heterocycles. The van der Waals surface area contributed by atoms with Gasteiger partial charge in [-0.1, -0.05) is 13.8 Å². The van der Waals surface area contributed by atoms with E-state index in [-0.39, 0.29) is 41.8 Å². The summed E-state index contributed by atoms with van der Waals surface area (Å²) < 4.78 is 72.1. The highest BCUT2D eigenvalue weighted by Gasteiger charge is 2.51. The Bertz CT molecular complexity index is 1120. The molecule has 214 valence electrons. The minimum absolute atomic E-state index is 0.0184. The van der Waals surface area contributed by atoms with Gasteiger partial charge < -0.3 is 4.74 Å². The molecule has 1 amide bonds. The van der Waals surface area contributed by atoms with Crippen molar-refractivity contribution in [1.29, 1.82) is 0 Å². The first-order chi connectivity index (χ1) is 17.5. The van der Waals surface area contributed by atoms with Crippen LogP contribution in [0.3, 0.4) is 0 Å². The number of sulfonamides is 1. The monoisotopic (exact) mass is 561 g/mol. The number of alkyl halides is 3. The number of nitrogens with one attached hydrogen (secondary N) is 1. The van der Waals surface area contributed by atoms with Crippen LogP contribution in [0.4, 0.5) is 18.0 Å². The van der Waals surface area contributed by atoms with Crippen molar-refractivity contribution in [3.05, 3.63) is 29.8 Å². The Morgan fingerprint density at radius 2 is 1.79 bits per heavy atom. The number of aldehydes is 1. The minimum atomic E-state index is -4.56. The standard InChI is InChI=1S/C26H38F3N3O5S/c1-7-17(2)25(16-33,31(6)23(34)37-24(3,4)5)30-22-13-8-18-14-32(15-21(18)22)38(35,36)20-11-9-19(10-12-20)26(27,28)29/h9-12,16-18,21-22,30H,7-8,13-15H2,1-6H3/t17-,18+,21?,22-,25+/m0/s1. The van der Waals surface area contributed by atoms with Gasteiger partial charge >= 0.3 is 12.3 Å². The number of likely N-dealkylation sites (N-methyl/N-ethyl adjacent to an activating group) is 1. The Hall–Kier alpha value is -2.18. The summed E-state index contributed by atoms with van der Waals surface area (Å²) in [7, 11) is -2.48. The molecular weight excluding hydrogens is 523 g/mol. The first-order valence-corrected chi connectivity index (χ1v) is 14.3. The molecule has 1 unspecified atom stereocenters.